The molecule has 0 N–H and O–H groups in total. The molecule has 0 spiro atoms. The number of halogens is 1. The minimum Gasteiger partial charge on any atom is -0.379 e. The van der Waals surface area contributed by atoms with Gasteiger partial charge in [0.05, 0.1) is 18.1 Å². The first kappa shape index (κ1) is 21.9. The van der Waals surface area contributed by atoms with Crippen molar-refractivity contribution < 1.29 is 22.3 Å². The number of benzene rings is 2. The monoisotopic (exact) mass is 447 g/mol. The van der Waals surface area contributed by atoms with E-state index in [4.69, 9.17) is 4.74 Å². The van der Waals surface area contributed by atoms with Crippen molar-refractivity contribution >= 4 is 15.9 Å². The van der Waals surface area contributed by atoms with E-state index in [-0.39, 0.29) is 37.0 Å². The molecule has 1 unspecified atom stereocenters. The van der Waals surface area contributed by atoms with E-state index >= 15 is 0 Å². The number of hydrogen-bond donors (Lipinski definition) is 0. The Hall–Kier alpha value is -2.33. The van der Waals surface area contributed by atoms with Crippen LogP contribution in [-0.2, 0) is 19.6 Å². The average Bonchev–Trinajstić information content (AvgIpc) is 2.82. The van der Waals surface area contributed by atoms with Gasteiger partial charge < -0.3 is 9.64 Å². The summed E-state index contributed by atoms with van der Waals surface area (Å²) in [5.41, 5.74) is 0.341. The van der Waals surface area contributed by atoms with Gasteiger partial charge in [0.2, 0.25) is 15.9 Å². The Kier molecular flexibility index (Phi) is 6.66. The molecule has 1 atom stereocenters. The van der Waals surface area contributed by atoms with E-state index in [0.29, 0.717) is 31.9 Å². The third kappa shape index (κ3) is 4.64. The predicted octanol–water partition coefficient (Wildman–Crippen LogP) is 1.73. The second-order valence-corrected chi connectivity index (χ2v) is 9.55. The van der Waals surface area contributed by atoms with Crippen LogP contribution in [0.3, 0.4) is 0 Å². The Morgan fingerprint density at radius 3 is 2.13 bits per heavy atom. The quantitative estimate of drug-likeness (QED) is 0.698. The first-order valence-electron chi connectivity index (χ1n) is 10.4. The predicted molar refractivity (Wildman–Crippen MR) is 113 cm³/mol. The molecule has 1 amide bonds. The topological polar surface area (TPSA) is 70.2 Å². The van der Waals surface area contributed by atoms with Crippen LogP contribution in [0.25, 0.3) is 0 Å². The molecule has 2 heterocycles. The molecule has 4 rings (SSSR count). The van der Waals surface area contributed by atoms with Crippen LogP contribution in [0.1, 0.15) is 11.6 Å². The van der Waals surface area contributed by atoms with Gasteiger partial charge in [0, 0.05) is 44.8 Å². The van der Waals surface area contributed by atoms with Crippen molar-refractivity contribution in [2.45, 2.75) is 10.9 Å². The van der Waals surface area contributed by atoms with Gasteiger partial charge in [0.1, 0.15) is 11.9 Å². The van der Waals surface area contributed by atoms with E-state index in [1.54, 1.807) is 53.4 Å². The standard InChI is InChI=1S/C22H26FN3O4S/c23-20-9-5-4-8-19(20)21(24-14-16-30-17-15-24)22(27)25-10-12-26(13-11-25)31(28,29)18-6-2-1-3-7-18/h1-9,21H,10-17H2. The number of ether oxygens (including phenoxy) is 1. The third-order valence-corrected chi connectivity index (χ3v) is 7.69. The summed E-state index contributed by atoms with van der Waals surface area (Å²) in [6, 6.07) is 13.9. The maximum absolute atomic E-state index is 14.6. The smallest absolute Gasteiger partial charge is 0.244 e. The molecule has 2 aromatic carbocycles. The van der Waals surface area contributed by atoms with Crippen LogP contribution in [0.2, 0.25) is 0 Å². The molecule has 2 aliphatic rings. The highest BCUT2D eigenvalue weighted by atomic mass is 32.2. The van der Waals surface area contributed by atoms with Crippen LogP contribution in [0, 0.1) is 5.82 Å². The number of nitrogens with zero attached hydrogens (tertiary/aromatic N) is 3. The molecule has 0 aromatic heterocycles. The molecule has 2 aromatic rings. The summed E-state index contributed by atoms with van der Waals surface area (Å²) in [7, 11) is -3.60. The summed E-state index contributed by atoms with van der Waals surface area (Å²) in [6.07, 6.45) is 0. The number of sulfonamides is 1. The van der Waals surface area contributed by atoms with Crippen LogP contribution in [-0.4, -0.2) is 80.9 Å². The Bertz CT molecular complexity index is 1000. The van der Waals surface area contributed by atoms with Crippen molar-refractivity contribution in [3.63, 3.8) is 0 Å². The van der Waals surface area contributed by atoms with Gasteiger partial charge in [-0.15, -0.1) is 0 Å². The molecular formula is C22H26FN3O4S. The van der Waals surface area contributed by atoms with Gasteiger partial charge in [-0.25, -0.2) is 12.8 Å². The van der Waals surface area contributed by atoms with Gasteiger partial charge >= 0.3 is 0 Å². The molecule has 2 saturated heterocycles. The third-order valence-electron chi connectivity index (χ3n) is 5.78. The van der Waals surface area contributed by atoms with Crippen LogP contribution in [0.4, 0.5) is 4.39 Å². The molecule has 0 radical (unpaired) electrons. The minimum atomic E-state index is -3.60. The van der Waals surface area contributed by atoms with Crippen molar-refractivity contribution in [2.75, 3.05) is 52.5 Å². The maximum Gasteiger partial charge on any atom is 0.244 e. The van der Waals surface area contributed by atoms with E-state index < -0.39 is 21.9 Å². The van der Waals surface area contributed by atoms with Crippen LogP contribution >= 0.6 is 0 Å². The lowest BCUT2D eigenvalue weighted by molar-refractivity contribution is -0.140. The zero-order chi connectivity index (χ0) is 21.8. The summed E-state index contributed by atoms with van der Waals surface area (Å²) in [5.74, 6) is -0.624. The fourth-order valence-electron chi connectivity index (χ4n) is 4.08. The lowest BCUT2D eigenvalue weighted by Crippen LogP contribution is -2.54. The molecule has 31 heavy (non-hydrogen) atoms. The van der Waals surface area contributed by atoms with Crippen LogP contribution in [0.5, 0.6) is 0 Å². The van der Waals surface area contributed by atoms with Gasteiger partial charge in [-0.1, -0.05) is 36.4 Å². The number of rotatable bonds is 5. The Balaban J connectivity index is 1.51. The van der Waals surface area contributed by atoms with Crippen molar-refractivity contribution in [1.82, 2.24) is 14.1 Å². The van der Waals surface area contributed by atoms with Crippen molar-refractivity contribution in [3.05, 3.63) is 66.0 Å². The summed E-state index contributed by atoms with van der Waals surface area (Å²) in [5, 5.41) is 0. The average molecular weight is 448 g/mol. The highest BCUT2D eigenvalue weighted by molar-refractivity contribution is 7.89. The minimum absolute atomic E-state index is 0.204. The van der Waals surface area contributed by atoms with Gasteiger partial charge in [-0.05, 0) is 18.2 Å². The SMILES string of the molecule is O=C(C(c1ccccc1F)N1CCOCC1)N1CCN(S(=O)(=O)c2ccccc2)CC1. The van der Waals surface area contributed by atoms with Gasteiger partial charge in [-0.3, -0.25) is 9.69 Å². The van der Waals surface area contributed by atoms with Gasteiger partial charge in [0.25, 0.3) is 0 Å². The van der Waals surface area contributed by atoms with E-state index in [0.717, 1.165) is 0 Å². The number of carbonyl (C=O) groups excluding carboxylic acids is 1. The molecule has 2 fully saturated rings. The highest BCUT2D eigenvalue weighted by Crippen LogP contribution is 2.28. The highest BCUT2D eigenvalue weighted by Gasteiger charge is 2.37. The van der Waals surface area contributed by atoms with Gasteiger partial charge in [-0.2, -0.15) is 4.31 Å². The van der Waals surface area contributed by atoms with Crippen molar-refractivity contribution in [3.8, 4) is 0 Å². The second kappa shape index (κ2) is 9.44. The van der Waals surface area contributed by atoms with Crippen LogP contribution < -0.4 is 0 Å². The summed E-state index contributed by atoms with van der Waals surface area (Å²) in [6.45, 7) is 2.98. The first-order chi connectivity index (χ1) is 15.0. The molecule has 0 bridgehead atoms. The van der Waals surface area contributed by atoms with E-state index in [2.05, 4.69) is 0 Å². The molecular weight excluding hydrogens is 421 g/mol. The van der Waals surface area contributed by atoms with E-state index in [9.17, 15) is 17.6 Å². The van der Waals surface area contributed by atoms with Crippen LogP contribution in [0.15, 0.2) is 59.5 Å². The Labute approximate surface area is 182 Å². The zero-order valence-corrected chi connectivity index (χ0v) is 18.0. The largest absolute Gasteiger partial charge is 0.379 e. The lowest BCUT2D eigenvalue weighted by atomic mass is 10.0. The van der Waals surface area contributed by atoms with Crippen molar-refractivity contribution in [1.29, 1.82) is 0 Å². The van der Waals surface area contributed by atoms with Crippen molar-refractivity contribution in [2.24, 2.45) is 0 Å². The normalized spacial score (nSPS) is 19.8. The van der Waals surface area contributed by atoms with E-state index in [1.165, 1.54) is 10.4 Å². The second-order valence-electron chi connectivity index (χ2n) is 7.61. The molecule has 9 heteroatoms. The Morgan fingerprint density at radius 1 is 0.871 bits per heavy atom. The summed E-state index contributed by atoms with van der Waals surface area (Å²) < 4.78 is 47.1. The number of morpholine rings is 1. The summed E-state index contributed by atoms with van der Waals surface area (Å²) >= 11 is 0. The lowest BCUT2D eigenvalue weighted by Gasteiger charge is -2.40. The maximum atomic E-state index is 14.6. The molecule has 0 saturated carbocycles. The number of amides is 1. The zero-order valence-electron chi connectivity index (χ0n) is 17.2. The fourth-order valence-corrected chi connectivity index (χ4v) is 5.52. The van der Waals surface area contributed by atoms with Gasteiger partial charge in [0.15, 0.2) is 0 Å². The number of carbonyl (C=O) groups is 1. The molecule has 166 valence electrons. The fraction of sp³-hybridized carbons (Fsp3) is 0.409. The molecule has 7 nitrogen and oxygen atoms in total. The molecule has 2 aliphatic heterocycles. The molecule has 0 aliphatic carbocycles. The number of piperazine rings is 1. The summed E-state index contributed by atoms with van der Waals surface area (Å²) in [4.78, 5) is 17.3. The van der Waals surface area contributed by atoms with E-state index in [1.807, 2.05) is 4.90 Å². The first-order valence-corrected chi connectivity index (χ1v) is 11.8. The number of hydrogen-bond acceptors (Lipinski definition) is 5. The Morgan fingerprint density at radius 2 is 1.48 bits per heavy atom.